The van der Waals surface area contributed by atoms with Crippen LogP contribution < -0.4 is 5.32 Å². The monoisotopic (exact) mass is 332 g/mol. The molecule has 0 radical (unpaired) electrons. The highest BCUT2D eigenvalue weighted by molar-refractivity contribution is 8.02. The van der Waals surface area contributed by atoms with Gasteiger partial charge in [-0.05, 0) is 26.0 Å². The number of thiazole rings is 1. The number of nitrogens with one attached hydrogen (secondary N) is 1. The van der Waals surface area contributed by atoms with Gasteiger partial charge in [0.2, 0.25) is 5.91 Å². The van der Waals surface area contributed by atoms with Crippen molar-refractivity contribution in [2.24, 2.45) is 0 Å². The Kier molecular flexibility index (Phi) is 4.89. The summed E-state index contributed by atoms with van der Waals surface area (Å²) in [6, 6.07) is 1.74. The first-order chi connectivity index (χ1) is 9.88. The maximum atomic E-state index is 13.5. The molecule has 2 rings (SSSR count). The molecular formula is C13H11F3N2OS2. The molecule has 0 saturated heterocycles. The van der Waals surface area contributed by atoms with E-state index in [0.717, 1.165) is 17.8 Å². The summed E-state index contributed by atoms with van der Waals surface area (Å²) in [5, 5.41) is 3.54. The number of hydrogen-bond acceptors (Lipinski definition) is 4. The van der Waals surface area contributed by atoms with E-state index in [1.165, 1.54) is 23.1 Å². The largest absolute Gasteiger partial charge is 0.323 e. The number of thioether (sulfide) groups is 1. The molecule has 1 N–H and O–H groups in total. The fraction of sp³-hybridized carbons (Fsp3) is 0.231. The first kappa shape index (κ1) is 15.8. The van der Waals surface area contributed by atoms with E-state index in [0.29, 0.717) is 4.34 Å². The van der Waals surface area contributed by atoms with Gasteiger partial charge in [-0.15, -0.1) is 11.3 Å². The van der Waals surface area contributed by atoms with Crippen molar-refractivity contribution >= 4 is 34.7 Å². The summed E-state index contributed by atoms with van der Waals surface area (Å²) in [4.78, 5) is 16.1. The van der Waals surface area contributed by atoms with Crippen molar-refractivity contribution < 1.29 is 18.0 Å². The minimum atomic E-state index is -1.61. The predicted molar refractivity (Wildman–Crippen MR) is 77.1 cm³/mol. The fourth-order valence-electron chi connectivity index (χ4n) is 1.45. The molecule has 2 aromatic rings. The summed E-state index contributed by atoms with van der Waals surface area (Å²) in [6.07, 6.45) is 0. The molecule has 0 spiro atoms. The predicted octanol–water partition coefficient (Wildman–Crippen LogP) is 3.99. The molecule has 1 atom stereocenters. The van der Waals surface area contributed by atoms with E-state index in [1.807, 2.05) is 12.3 Å². The molecule has 0 aliphatic rings. The van der Waals surface area contributed by atoms with Crippen LogP contribution in [0.5, 0.6) is 0 Å². The minimum Gasteiger partial charge on any atom is -0.323 e. The van der Waals surface area contributed by atoms with Crippen LogP contribution in [-0.4, -0.2) is 16.1 Å². The van der Waals surface area contributed by atoms with Crippen molar-refractivity contribution in [3.05, 3.63) is 40.7 Å². The second kappa shape index (κ2) is 6.48. The standard InChI is InChI=1S/C13H11F3N2OS2/c1-6-5-20-13(17-6)21-7(2)12(19)18-9-4-3-8(14)10(15)11(9)16/h3-5,7H,1-2H3,(H,18,19). The highest BCUT2D eigenvalue weighted by atomic mass is 32.2. The normalized spacial score (nSPS) is 12.2. The SMILES string of the molecule is Cc1csc(SC(C)C(=O)Nc2ccc(F)c(F)c2F)n1. The third-order valence-electron chi connectivity index (χ3n) is 2.54. The molecule has 1 aromatic carbocycles. The molecule has 8 heteroatoms. The molecule has 0 bridgehead atoms. The molecule has 0 saturated carbocycles. The van der Waals surface area contributed by atoms with Gasteiger partial charge in [0.25, 0.3) is 0 Å². The Morgan fingerprint density at radius 2 is 2.05 bits per heavy atom. The van der Waals surface area contributed by atoms with E-state index in [9.17, 15) is 18.0 Å². The second-order valence-corrected chi connectivity index (χ2v) is 6.67. The lowest BCUT2D eigenvalue weighted by Crippen LogP contribution is -2.23. The number of halogens is 3. The number of carbonyl (C=O) groups excluding carboxylic acids is 1. The number of benzene rings is 1. The van der Waals surface area contributed by atoms with E-state index in [1.54, 1.807) is 6.92 Å². The van der Waals surface area contributed by atoms with Gasteiger partial charge < -0.3 is 5.32 Å². The average molecular weight is 332 g/mol. The fourth-order valence-corrected chi connectivity index (χ4v) is 3.43. The van der Waals surface area contributed by atoms with Gasteiger partial charge in [-0.3, -0.25) is 4.79 Å². The van der Waals surface area contributed by atoms with Gasteiger partial charge in [-0.2, -0.15) is 0 Å². The molecule has 0 fully saturated rings. The van der Waals surface area contributed by atoms with Crippen molar-refractivity contribution in [3.63, 3.8) is 0 Å². The molecule has 0 aliphatic heterocycles. The maximum Gasteiger partial charge on any atom is 0.237 e. The van der Waals surface area contributed by atoms with Crippen molar-refractivity contribution in [3.8, 4) is 0 Å². The Bertz CT molecular complexity index is 675. The molecule has 1 unspecified atom stereocenters. The smallest absolute Gasteiger partial charge is 0.237 e. The van der Waals surface area contributed by atoms with Crippen molar-refractivity contribution in [1.29, 1.82) is 0 Å². The summed E-state index contributed by atoms with van der Waals surface area (Å²) in [5.41, 5.74) is 0.462. The number of aromatic nitrogens is 1. The van der Waals surface area contributed by atoms with Crippen molar-refractivity contribution in [1.82, 2.24) is 4.98 Å². The Morgan fingerprint density at radius 1 is 1.33 bits per heavy atom. The molecule has 21 heavy (non-hydrogen) atoms. The van der Waals surface area contributed by atoms with Gasteiger partial charge in [-0.25, -0.2) is 18.2 Å². The van der Waals surface area contributed by atoms with Gasteiger partial charge >= 0.3 is 0 Å². The minimum absolute atomic E-state index is 0.387. The van der Waals surface area contributed by atoms with Crippen LogP contribution in [0.4, 0.5) is 18.9 Å². The summed E-state index contributed by atoms with van der Waals surface area (Å²) in [7, 11) is 0. The van der Waals surface area contributed by atoms with Crippen LogP contribution in [0.2, 0.25) is 0 Å². The van der Waals surface area contributed by atoms with E-state index in [2.05, 4.69) is 10.3 Å². The van der Waals surface area contributed by atoms with Crippen LogP contribution in [0.15, 0.2) is 21.9 Å². The lowest BCUT2D eigenvalue weighted by atomic mass is 10.2. The van der Waals surface area contributed by atoms with Gasteiger partial charge in [-0.1, -0.05) is 11.8 Å². The summed E-state index contributed by atoms with van der Waals surface area (Å²) in [5.74, 6) is -4.83. The zero-order chi connectivity index (χ0) is 15.6. The number of rotatable bonds is 4. The highest BCUT2D eigenvalue weighted by Gasteiger charge is 2.20. The molecule has 112 valence electrons. The number of amides is 1. The molecule has 1 aromatic heterocycles. The number of nitrogens with zero attached hydrogens (tertiary/aromatic N) is 1. The van der Waals surface area contributed by atoms with Crippen LogP contribution in [0.25, 0.3) is 0 Å². The third-order valence-corrected chi connectivity index (χ3v) is 4.73. The van der Waals surface area contributed by atoms with Crippen LogP contribution in [0, 0.1) is 24.4 Å². The molecule has 1 amide bonds. The van der Waals surface area contributed by atoms with E-state index in [4.69, 9.17) is 0 Å². The summed E-state index contributed by atoms with van der Waals surface area (Å²) >= 11 is 2.61. The quantitative estimate of drug-likeness (QED) is 0.680. The van der Waals surface area contributed by atoms with Gasteiger partial charge in [0.1, 0.15) is 0 Å². The third kappa shape index (κ3) is 3.76. The number of hydrogen-bond donors (Lipinski definition) is 1. The Morgan fingerprint density at radius 3 is 2.67 bits per heavy atom. The van der Waals surface area contributed by atoms with Gasteiger partial charge in [0.05, 0.1) is 10.9 Å². The van der Waals surface area contributed by atoms with Crippen molar-refractivity contribution in [2.45, 2.75) is 23.4 Å². The van der Waals surface area contributed by atoms with Gasteiger partial charge in [0, 0.05) is 11.1 Å². The van der Waals surface area contributed by atoms with Crippen LogP contribution in [0.3, 0.4) is 0 Å². The lowest BCUT2D eigenvalue weighted by Gasteiger charge is -2.11. The van der Waals surface area contributed by atoms with Crippen LogP contribution in [0.1, 0.15) is 12.6 Å². The number of anilines is 1. The summed E-state index contributed by atoms with van der Waals surface area (Å²) < 4.78 is 40.1. The zero-order valence-electron chi connectivity index (χ0n) is 11.1. The van der Waals surface area contributed by atoms with Gasteiger partial charge in [0.15, 0.2) is 21.8 Å². The van der Waals surface area contributed by atoms with Crippen LogP contribution >= 0.6 is 23.1 Å². The zero-order valence-corrected chi connectivity index (χ0v) is 12.7. The molecule has 1 heterocycles. The topological polar surface area (TPSA) is 42.0 Å². The highest BCUT2D eigenvalue weighted by Crippen LogP contribution is 2.28. The first-order valence-corrected chi connectivity index (χ1v) is 7.67. The van der Waals surface area contributed by atoms with E-state index in [-0.39, 0.29) is 5.69 Å². The summed E-state index contributed by atoms with van der Waals surface area (Å²) in [6.45, 7) is 3.45. The van der Waals surface area contributed by atoms with Crippen LogP contribution in [-0.2, 0) is 4.79 Å². The number of aryl methyl sites for hydroxylation is 1. The van der Waals surface area contributed by atoms with E-state index >= 15 is 0 Å². The molecular weight excluding hydrogens is 321 g/mol. The number of carbonyl (C=O) groups is 1. The Hall–Kier alpha value is -1.54. The Balaban J connectivity index is 2.05. The second-order valence-electron chi connectivity index (χ2n) is 4.23. The maximum absolute atomic E-state index is 13.5. The lowest BCUT2D eigenvalue weighted by molar-refractivity contribution is -0.115. The molecule has 0 aliphatic carbocycles. The van der Waals surface area contributed by atoms with E-state index < -0.39 is 28.6 Å². The Labute approximate surface area is 127 Å². The average Bonchev–Trinajstić information content (AvgIpc) is 2.84. The first-order valence-electron chi connectivity index (χ1n) is 5.91. The molecule has 3 nitrogen and oxygen atoms in total. The van der Waals surface area contributed by atoms with Crippen molar-refractivity contribution in [2.75, 3.05) is 5.32 Å².